The quantitative estimate of drug-likeness (QED) is 0.767. The summed E-state index contributed by atoms with van der Waals surface area (Å²) in [5, 5.41) is 3.02. The number of rotatable bonds is 7. The van der Waals surface area contributed by atoms with Gasteiger partial charge in [-0.25, -0.2) is 0 Å². The summed E-state index contributed by atoms with van der Waals surface area (Å²) in [5.41, 5.74) is 7.28. The maximum Gasteiger partial charge on any atom is 0.231 e. The molecule has 0 heterocycles. The summed E-state index contributed by atoms with van der Waals surface area (Å²) in [6.45, 7) is 8.67. The van der Waals surface area contributed by atoms with E-state index in [-0.39, 0.29) is 30.7 Å². The number of hydrogen-bond donors (Lipinski definition) is 2. The molecule has 1 amide bonds. The van der Waals surface area contributed by atoms with Gasteiger partial charge in [-0.15, -0.1) is 24.8 Å². The first kappa shape index (κ1) is 24.3. The van der Waals surface area contributed by atoms with Gasteiger partial charge in [-0.05, 0) is 44.9 Å². The van der Waals surface area contributed by atoms with Crippen molar-refractivity contribution in [1.29, 1.82) is 0 Å². The van der Waals surface area contributed by atoms with Gasteiger partial charge >= 0.3 is 0 Å². The van der Waals surface area contributed by atoms with Crippen molar-refractivity contribution < 1.29 is 4.79 Å². The molecule has 0 radical (unpaired) electrons. The third-order valence-corrected chi connectivity index (χ3v) is 4.51. The van der Waals surface area contributed by atoms with E-state index >= 15 is 0 Å². The van der Waals surface area contributed by atoms with Gasteiger partial charge in [0.15, 0.2) is 0 Å². The van der Waals surface area contributed by atoms with Crippen LogP contribution in [0.3, 0.4) is 0 Å². The molecule has 6 heteroatoms. The fourth-order valence-corrected chi connectivity index (χ4v) is 2.32. The van der Waals surface area contributed by atoms with Gasteiger partial charge in [-0.3, -0.25) is 4.79 Å². The van der Waals surface area contributed by atoms with E-state index < -0.39 is 5.41 Å². The molecule has 0 atom stereocenters. The summed E-state index contributed by atoms with van der Waals surface area (Å²) in [5.74, 6) is 0.0133. The van der Waals surface area contributed by atoms with Crippen molar-refractivity contribution in [3.05, 3.63) is 24.3 Å². The topological polar surface area (TPSA) is 58.4 Å². The number of nitrogens with one attached hydrogen (secondary N) is 1. The molecule has 134 valence electrons. The van der Waals surface area contributed by atoms with Crippen LogP contribution in [0.25, 0.3) is 0 Å². The number of hydrogen-bond acceptors (Lipinski definition) is 3. The second kappa shape index (κ2) is 10.7. The van der Waals surface area contributed by atoms with E-state index in [0.717, 1.165) is 24.2 Å². The van der Waals surface area contributed by atoms with E-state index in [2.05, 4.69) is 24.1 Å². The number of anilines is 2. The Labute approximate surface area is 153 Å². The van der Waals surface area contributed by atoms with Crippen LogP contribution < -0.4 is 16.0 Å². The Hall–Kier alpha value is -0.970. The standard InChI is InChI=1S/C17H29N3O.2ClH/c1-6-17(7-2,12-18)16(21)19-14-9-8-10-15(11-14)20(5)13(3)4;;/h8-11,13H,6-7,12,18H2,1-5H3,(H,19,21);2*1H. The summed E-state index contributed by atoms with van der Waals surface area (Å²) in [4.78, 5) is 14.7. The molecule has 1 rings (SSSR count). The number of nitrogens with zero attached hydrogens (tertiary/aromatic N) is 1. The minimum Gasteiger partial charge on any atom is -0.372 e. The van der Waals surface area contributed by atoms with Gasteiger partial charge < -0.3 is 16.0 Å². The molecular weight excluding hydrogens is 333 g/mol. The molecule has 0 saturated carbocycles. The van der Waals surface area contributed by atoms with Gasteiger partial charge in [0, 0.05) is 31.0 Å². The van der Waals surface area contributed by atoms with Crippen molar-refractivity contribution in [1.82, 2.24) is 0 Å². The average molecular weight is 364 g/mol. The SMILES string of the molecule is CCC(CC)(CN)C(=O)Nc1cccc(N(C)C(C)C)c1.Cl.Cl. The fraction of sp³-hybridized carbons (Fsp3) is 0.588. The summed E-state index contributed by atoms with van der Waals surface area (Å²) in [7, 11) is 2.05. The molecule has 0 bridgehead atoms. The Morgan fingerprint density at radius 3 is 2.26 bits per heavy atom. The highest BCUT2D eigenvalue weighted by Crippen LogP contribution is 2.28. The first-order valence-corrected chi connectivity index (χ1v) is 7.74. The number of nitrogens with two attached hydrogens (primary N) is 1. The molecule has 3 N–H and O–H groups in total. The van der Waals surface area contributed by atoms with Gasteiger partial charge in [0.1, 0.15) is 0 Å². The van der Waals surface area contributed by atoms with Crippen molar-refractivity contribution in [2.45, 2.75) is 46.6 Å². The molecule has 0 aliphatic heterocycles. The zero-order chi connectivity index (χ0) is 16.0. The van der Waals surface area contributed by atoms with Gasteiger partial charge in [0.2, 0.25) is 5.91 Å². The van der Waals surface area contributed by atoms with E-state index in [0.29, 0.717) is 12.6 Å². The third kappa shape index (κ3) is 5.87. The Balaban J connectivity index is 0. The highest BCUT2D eigenvalue weighted by Gasteiger charge is 2.33. The Morgan fingerprint density at radius 2 is 1.83 bits per heavy atom. The van der Waals surface area contributed by atoms with Gasteiger partial charge in [0.25, 0.3) is 0 Å². The number of carbonyl (C=O) groups excluding carboxylic acids is 1. The molecule has 0 fully saturated rings. The molecule has 0 spiro atoms. The lowest BCUT2D eigenvalue weighted by atomic mass is 9.81. The molecule has 0 unspecified atom stereocenters. The van der Waals surface area contributed by atoms with Gasteiger partial charge in [-0.2, -0.15) is 0 Å². The van der Waals surface area contributed by atoms with Crippen LogP contribution in [0, 0.1) is 5.41 Å². The maximum atomic E-state index is 12.5. The van der Waals surface area contributed by atoms with Gasteiger partial charge in [0.05, 0.1) is 5.41 Å². The van der Waals surface area contributed by atoms with Crippen molar-refractivity contribution in [3.63, 3.8) is 0 Å². The molecule has 1 aromatic rings. The van der Waals surface area contributed by atoms with Crippen LogP contribution >= 0.6 is 24.8 Å². The largest absolute Gasteiger partial charge is 0.372 e. The first-order chi connectivity index (χ1) is 9.90. The van der Waals surface area contributed by atoms with Crippen LogP contribution in [0.15, 0.2) is 24.3 Å². The maximum absolute atomic E-state index is 12.5. The number of carbonyl (C=O) groups is 1. The highest BCUT2D eigenvalue weighted by atomic mass is 35.5. The lowest BCUT2D eigenvalue weighted by Gasteiger charge is -2.29. The molecular formula is C17H31Cl2N3O. The van der Waals surface area contributed by atoms with Crippen LogP contribution in [0.1, 0.15) is 40.5 Å². The second-order valence-electron chi connectivity index (χ2n) is 5.90. The van der Waals surface area contributed by atoms with Crippen LogP contribution in [-0.4, -0.2) is 25.5 Å². The molecule has 1 aromatic carbocycles. The molecule has 4 nitrogen and oxygen atoms in total. The summed E-state index contributed by atoms with van der Waals surface area (Å²) in [6, 6.07) is 8.34. The minimum atomic E-state index is -0.472. The number of halogens is 2. The molecule has 0 aliphatic rings. The smallest absolute Gasteiger partial charge is 0.231 e. The molecule has 0 aliphatic carbocycles. The predicted molar refractivity (Wildman–Crippen MR) is 105 cm³/mol. The Morgan fingerprint density at radius 1 is 1.26 bits per heavy atom. The third-order valence-electron chi connectivity index (χ3n) is 4.51. The number of benzene rings is 1. The molecule has 0 aromatic heterocycles. The zero-order valence-corrected chi connectivity index (χ0v) is 16.4. The normalized spacial score (nSPS) is 10.6. The van der Waals surface area contributed by atoms with E-state index in [1.165, 1.54) is 0 Å². The van der Waals surface area contributed by atoms with Gasteiger partial charge in [-0.1, -0.05) is 19.9 Å². The predicted octanol–water partition coefficient (Wildman–Crippen LogP) is 4.08. The van der Waals surface area contributed by atoms with E-state index in [1.807, 2.05) is 45.2 Å². The van der Waals surface area contributed by atoms with Crippen molar-refractivity contribution in [2.24, 2.45) is 11.1 Å². The lowest BCUT2D eigenvalue weighted by molar-refractivity contribution is -0.125. The zero-order valence-electron chi connectivity index (χ0n) is 14.8. The molecule has 0 saturated heterocycles. The van der Waals surface area contributed by atoms with Crippen LogP contribution in [0.2, 0.25) is 0 Å². The van der Waals surface area contributed by atoms with Crippen LogP contribution in [0.4, 0.5) is 11.4 Å². The summed E-state index contributed by atoms with van der Waals surface area (Å²) >= 11 is 0. The van der Waals surface area contributed by atoms with Crippen molar-refractivity contribution in [2.75, 3.05) is 23.8 Å². The average Bonchev–Trinajstić information content (AvgIpc) is 2.49. The van der Waals surface area contributed by atoms with Crippen molar-refractivity contribution >= 4 is 42.1 Å². The number of amides is 1. The van der Waals surface area contributed by atoms with E-state index in [4.69, 9.17) is 5.73 Å². The fourth-order valence-electron chi connectivity index (χ4n) is 2.32. The Kier molecular flexibility index (Phi) is 11.3. The van der Waals surface area contributed by atoms with Crippen molar-refractivity contribution in [3.8, 4) is 0 Å². The van der Waals surface area contributed by atoms with E-state index in [9.17, 15) is 4.79 Å². The molecule has 23 heavy (non-hydrogen) atoms. The van der Waals surface area contributed by atoms with Crippen LogP contribution in [0.5, 0.6) is 0 Å². The minimum absolute atomic E-state index is 0. The lowest BCUT2D eigenvalue weighted by Crippen LogP contribution is -2.41. The second-order valence-corrected chi connectivity index (χ2v) is 5.90. The van der Waals surface area contributed by atoms with E-state index in [1.54, 1.807) is 0 Å². The Bertz CT molecular complexity index is 468. The monoisotopic (exact) mass is 363 g/mol. The highest BCUT2D eigenvalue weighted by molar-refractivity contribution is 5.95. The van der Waals surface area contributed by atoms with Crippen LogP contribution in [-0.2, 0) is 4.79 Å². The first-order valence-electron chi connectivity index (χ1n) is 7.74. The summed E-state index contributed by atoms with van der Waals surface area (Å²) < 4.78 is 0. The summed E-state index contributed by atoms with van der Waals surface area (Å²) in [6.07, 6.45) is 1.49.